The van der Waals surface area contributed by atoms with Crippen LogP contribution in [0.3, 0.4) is 0 Å². The largest absolute Gasteiger partial charge is 0.493 e. The first-order chi connectivity index (χ1) is 10.4. The lowest BCUT2D eigenvalue weighted by Crippen LogP contribution is -2.30. The number of hydrogen-bond acceptors (Lipinski definition) is 3. The Morgan fingerprint density at radius 3 is 2.68 bits per heavy atom. The smallest absolute Gasteiger partial charge is 0.221 e. The van der Waals surface area contributed by atoms with E-state index in [4.69, 9.17) is 4.74 Å². The van der Waals surface area contributed by atoms with Crippen molar-refractivity contribution in [1.82, 2.24) is 5.32 Å². The molecule has 122 valence electrons. The zero-order valence-electron chi connectivity index (χ0n) is 14.1. The predicted molar refractivity (Wildman–Crippen MR) is 92.4 cm³/mol. The van der Waals surface area contributed by atoms with Gasteiger partial charge in [0.2, 0.25) is 5.91 Å². The Bertz CT molecular complexity index is 498. The van der Waals surface area contributed by atoms with Crippen LogP contribution in [0.2, 0.25) is 0 Å². The Kier molecular flexibility index (Phi) is 7.67. The number of rotatable bonds is 9. The molecule has 1 amide bonds. The molecule has 22 heavy (non-hydrogen) atoms. The molecule has 0 fully saturated rings. The second-order valence-electron chi connectivity index (χ2n) is 5.98. The molecule has 1 aromatic carbocycles. The maximum atomic E-state index is 11.1. The molecule has 0 bridgehead atoms. The van der Waals surface area contributed by atoms with Crippen LogP contribution in [0.1, 0.15) is 33.3 Å². The van der Waals surface area contributed by atoms with Crippen LogP contribution in [0.4, 0.5) is 5.69 Å². The highest BCUT2D eigenvalue weighted by molar-refractivity contribution is 5.88. The molecule has 1 unspecified atom stereocenters. The fourth-order valence-corrected chi connectivity index (χ4v) is 2.04. The maximum absolute atomic E-state index is 11.1. The molecule has 4 heteroatoms. The second-order valence-corrected chi connectivity index (χ2v) is 5.98. The lowest BCUT2D eigenvalue weighted by atomic mass is 10.1. The summed E-state index contributed by atoms with van der Waals surface area (Å²) in [6.45, 7) is 13.3. The number of allylic oxidation sites excluding steroid dienone is 1. The van der Waals surface area contributed by atoms with E-state index in [0.717, 1.165) is 23.5 Å². The van der Waals surface area contributed by atoms with E-state index in [2.05, 4.69) is 38.0 Å². The van der Waals surface area contributed by atoms with Gasteiger partial charge in [-0.2, -0.15) is 0 Å². The van der Waals surface area contributed by atoms with Gasteiger partial charge in [-0.25, -0.2) is 0 Å². The van der Waals surface area contributed by atoms with Crippen molar-refractivity contribution in [3.63, 3.8) is 0 Å². The minimum absolute atomic E-state index is 0.0772. The predicted octanol–water partition coefficient (Wildman–Crippen LogP) is 3.39. The van der Waals surface area contributed by atoms with Crippen molar-refractivity contribution in [2.75, 3.05) is 18.5 Å². The molecule has 2 N–H and O–H groups in total. The molecule has 1 atom stereocenters. The van der Waals surface area contributed by atoms with Gasteiger partial charge in [0.25, 0.3) is 0 Å². The van der Waals surface area contributed by atoms with Gasteiger partial charge in [-0.3, -0.25) is 4.79 Å². The van der Waals surface area contributed by atoms with Crippen molar-refractivity contribution in [3.05, 3.63) is 36.4 Å². The lowest BCUT2D eigenvalue weighted by molar-refractivity contribution is -0.114. The van der Waals surface area contributed by atoms with E-state index >= 15 is 0 Å². The third-order valence-electron chi connectivity index (χ3n) is 3.14. The Morgan fingerprint density at radius 2 is 2.09 bits per heavy atom. The average Bonchev–Trinajstić information content (AvgIpc) is 2.44. The van der Waals surface area contributed by atoms with Crippen molar-refractivity contribution in [1.29, 1.82) is 0 Å². The second kappa shape index (κ2) is 9.26. The van der Waals surface area contributed by atoms with E-state index in [1.807, 2.05) is 24.3 Å². The van der Waals surface area contributed by atoms with Gasteiger partial charge in [0.15, 0.2) is 0 Å². The first kappa shape index (κ1) is 18.2. The first-order valence-corrected chi connectivity index (χ1v) is 7.80. The van der Waals surface area contributed by atoms with Gasteiger partial charge in [-0.05, 0) is 30.2 Å². The topological polar surface area (TPSA) is 50.4 Å². The highest BCUT2D eigenvalue weighted by Crippen LogP contribution is 2.24. The van der Waals surface area contributed by atoms with Crippen LogP contribution < -0.4 is 15.4 Å². The molecule has 0 radical (unpaired) electrons. The molecular formula is C18H28N2O2. The fraction of sp³-hybridized carbons (Fsp3) is 0.500. The Labute approximate surface area is 133 Å². The molecule has 0 heterocycles. The number of carbonyl (C=O) groups excluding carboxylic acids is 1. The SMILES string of the molecule is C=CCc1cc(NC(C)=O)ccc1OCC(C)CNC(C)C. The summed E-state index contributed by atoms with van der Waals surface area (Å²) in [5.74, 6) is 1.20. The van der Waals surface area contributed by atoms with Gasteiger partial charge in [0.05, 0.1) is 6.61 Å². The van der Waals surface area contributed by atoms with Crippen molar-refractivity contribution in [2.45, 2.75) is 40.2 Å². The monoisotopic (exact) mass is 304 g/mol. The molecule has 1 rings (SSSR count). The summed E-state index contributed by atoms with van der Waals surface area (Å²) in [7, 11) is 0. The molecular weight excluding hydrogens is 276 g/mol. The van der Waals surface area contributed by atoms with Gasteiger partial charge < -0.3 is 15.4 Å². The summed E-state index contributed by atoms with van der Waals surface area (Å²) in [5, 5.41) is 6.20. The van der Waals surface area contributed by atoms with E-state index in [1.54, 1.807) is 0 Å². The van der Waals surface area contributed by atoms with Crippen LogP contribution in [-0.4, -0.2) is 25.1 Å². The third kappa shape index (κ3) is 6.76. The van der Waals surface area contributed by atoms with Crippen LogP contribution in [0.5, 0.6) is 5.75 Å². The number of hydrogen-bond donors (Lipinski definition) is 2. The molecule has 4 nitrogen and oxygen atoms in total. The van der Waals surface area contributed by atoms with Crippen LogP contribution >= 0.6 is 0 Å². The van der Waals surface area contributed by atoms with E-state index in [-0.39, 0.29) is 5.91 Å². The highest BCUT2D eigenvalue weighted by Gasteiger charge is 2.08. The molecule has 0 aliphatic carbocycles. The zero-order valence-corrected chi connectivity index (χ0v) is 14.1. The summed E-state index contributed by atoms with van der Waals surface area (Å²) in [6, 6.07) is 6.19. The van der Waals surface area contributed by atoms with E-state index in [1.165, 1.54) is 6.92 Å². The summed E-state index contributed by atoms with van der Waals surface area (Å²) in [4.78, 5) is 11.1. The number of nitrogens with one attached hydrogen (secondary N) is 2. The van der Waals surface area contributed by atoms with Crippen molar-refractivity contribution in [2.24, 2.45) is 5.92 Å². The van der Waals surface area contributed by atoms with Crippen molar-refractivity contribution < 1.29 is 9.53 Å². The third-order valence-corrected chi connectivity index (χ3v) is 3.14. The summed E-state index contributed by atoms with van der Waals surface area (Å²) < 4.78 is 5.94. The van der Waals surface area contributed by atoms with Crippen LogP contribution in [0.15, 0.2) is 30.9 Å². The fourth-order valence-electron chi connectivity index (χ4n) is 2.04. The Hall–Kier alpha value is -1.81. The molecule has 0 saturated heterocycles. The molecule has 0 aliphatic heterocycles. The minimum atomic E-state index is -0.0772. The van der Waals surface area contributed by atoms with Gasteiger partial charge >= 0.3 is 0 Å². The molecule has 0 aromatic heterocycles. The number of ether oxygens (including phenoxy) is 1. The lowest BCUT2D eigenvalue weighted by Gasteiger charge is -2.18. The van der Waals surface area contributed by atoms with Crippen LogP contribution in [0, 0.1) is 5.92 Å². The highest BCUT2D eigenvalue weighted by atomic mass is 16.5. The van der Waals surface area contributed by atoms with Gasteiger partial charge in [0.1, 0.15) is 5.75 Å². The number of amides is 1. The van der Waals surface area contributed by atoms with Gasteiger partial charge in [-0.15, -0.1) is 6.58 Å². The normalized spacial score (nSPS) is 12.0. The van der Waals surface area contributed by atoms with Crippen LogP contribution in [-0.2, 0) is 11.2 Å². The number of carbonyl (C=O) groups is 1. The van der Waals surface area contributed by atoms with E-state index in [9.17, 15) is 4.79 Å². The van der Waals surface area contributed by atoms with Crippen molar-refractivity contribution >= 4 is 11.6 Å². The van der Waals surface area contributed by atoms with E-state index < -0.39 is 0 Å². The summed E-state index contributed by atoms with van der Waals surface area (Å²) >= 11 is 0. The molecule has 0 saturated carbocycles. The minimum Gasteiger partial charge on any atom is -0.493 e. The maximum Gasteiger partial charge on any atom is 0.221 e. The quantitative estimate of drug-likeness (QED) is 0.688. The van der Waals surface area contributed by atoms with E-state index in [0.29, 0.717) is 25.0 Å². The summed E-state index contributed by atoms with van der Waals surface area (Å²) in [6.07, 6.45) is 2.55. The van der Waals surface area contributed by atoms with Gasteiger partial charge in [0, 0.05) is 31.1 Å². The van der Waals surface area contributed by atoms with Crippen molar-refractivity contribution in [3.8, 4) is 5.75 Å². The number of anilines is 1. The zero-order chi connectivity index (χ0) is 16.5. The Balaban J connectivity index is 2.68. The Morgan fingerprint density at radius 1 is 1.36 bits per heavy atom. The average molecular weight is 304 g/mol. The number of benzene rings is 1. The first-order valence-electron chi connectivity index (χ1n) is 7.80. The molecule has 1 aromatic rings. The molecule has 0 aliphatic rings. The van der Waals surface area contributed by atoms with Crippen LogP contribution in [0.25, 0.3) is 0 Å². The summed E-state index contributed by atoms with van der Waals surface area (Å²) in [5.41, 5.74) is 1.82. The standard InChI is InChI=1S/C18H28N2O2/c1-6-7-16-10-17(20-15(5)21)8-9-18(16)22-12-14(4)11-19-13(2)3/h6,8-10,13-14,19H,1,7,11-12H2,2-5H3,(H,20,21). The van der Waals surface area contributed by atoms with Gasteiger partial charge in [-0.1, -0.05) is 26.8 Å². The molecule has 0 spiro atoms.